The van der Waals surface area contributed by atoms with Gasteiger partial charge in [0.15, 0.2) is 0 Å². The zero-order valence-corrected chi connectivity index (χ0v) is 5.76. The second-order valence-electron chi connectivity index (χ2n) is 1.95. The van der Waals surface area contributed by atoms with E-state index in [0.29, 0.717) is 5.35 Å². The van der Waals surface area contributed by atoms with Gasteiger partial charge in [-0.1, -0.05) is 0 Å². The summed E-state index contributed by atoms with van der Waals surface area (Å²) in [5.74, 6) is 0.813. The minimum atomic E-state index is 0.694. The maximum Gasteiger partial charge on any atom is 0.105 e. The molecule has 1 aromatic heterocycles. The van der Waals surface area contributed by atoms with E-state index >= 15 is 0 Å². The molecule has 1 heterocycles. The molecular weight excluding hydrogens is 128 g/mol. The Labute approximate surface area is 58.3 Å². The largest absolute Gasteiger partial charge is 0.403 e. The van der Waals surface area contributed by atoms with Gasteiger partial charge in [0.25, 0.3) is 0 Å². The SMILES string of the molecule is Cc1nc(=C/N)/c(=C\N)[nH]1. The summed E-state index contributed by atoms with van der Waals surface area (Å²) in [4.78, 5) is 6.99. The maximum absolute atomic E-state index is 5.27. The lowest BCUT2D eigenvalue weighted by Gasteiger charge is -1.72. The molecule has 4 nitrogen and oxygen atoms in total. The fraction of sp³-hybridized carbons (Fsp3) is 0.167. The van der Waals surface area contributed by atoms with Crippen molar-refractivity contribution in [3.05, 3.63) is 16.5 Å². The van der Waals surface area contributed by atoms with Gasteiger partial charge in [0.2, 0.25) is 0 Å². The number of nitrogens with two attached hydrogens (primary N) is 2. The van der Waals surface area contributed by atoms with Crippen LogP contribution in [0.1, 0.15) is 5.82 Å². The van der Waals surface area contributed by atoms with Crippen molar-refractivity contribution in [2.75, 3.05) is 0 Å². The first kappa shape index (κ1) is 6.67. The Hall–Kier alpha value is -1.45. The molecule has 1 rings (SSSR count). The van der Waals surface area contributed by atoms with Crippen LogP contribution in [0.25, 0.3) is 12.4 Å². The number of aromatic nitrogens is 2. The van der Waals surface area contributed by atoms with Gasteiger partial charge in [0.05, 0.1) is 5.35 Å². The van der Waals surface area contributed by atoms with Crippen LogP contribution < -0.4 is 22.2 Å². The van der Waals surface area contributed by atoms with Gasteiger partial charge >= 0.3 is 0 Å². The second-order valence-corrected chi connectivity index (χ2v) is 1.95. The smallest absolute Gasteiger partial charge is 0.105 e. The van der Waals surface area contributed by atoms with E-state index in [-0.39, 0.29) is 0 Å². The first-order chi connectivity index (χ1) is 4.77. The van der Waals surface area contributed by atoms with E-state index in [1.54, 1.807) is 0 Å². The topological polar surface area (TPSA) is 80.7 Å². The summed E-state index contributed by atoms with van der Waals surface area (Å²) in [5, 5.41) is 1.46. The molecule has 10 heavy (non-hydrogen) atoms. The summed E-state index contributed by atoms with van der Waals surface area (Å²) in [6, 6.07) is 0. The Balaban J connectivity index is 3.53. The third-order valence-electron chi connectivity index (χ3n) is 1.20. The van der Waals surface area contributed by atoms with Crippen molar-refractivity contribution >= 4 is 12.4 Å². The third-order valence-corrected chi connectivity index (χ3v) is 1.20. The van der Waals surface area contributed by atoms with Crippen LogP contribution in [0.5, 0.6) is 0 Å². The number of aromatic amines is 1. The maximum atomic E-state index is 5.27. The lowest BCUT2D eigenvalue weighted by atomic mass is 10.6. The normalized spacial score (nSPS) is 14.5. The third kappa shape index (κ3) is 0.953. The van der Waals surface area contributed by atoms with Crippen LogP contribution in [-0.4, -0.2) is 9.97 Å². The number of aryl methyl sites for hydroxylation is 1. The van der Waals surface area contributed by atoms with Crippen LogP contribution in [0.2, 0.25) is 0 Å². The highest BCUT2D eigenvalue weighted by Gasteiger charge is 1.88. The standard InChI is InChI=1S/C6H10N4/c1-4-9-5(2-7)6(3-8)10-4/h2-3H,7-8H2,1H3,(H,9,10)/b5-2+,6-3+. The highest BCUT2D eigenvalue weighted by molar-refractivity contribution is 5.20. The van der Waals surface area contributed by atoms with Gasteiger partial charge in [0, 0.05) is 12.4 Å². The van der Waals surface area contributed by atoms with Crippen molar-refractivity contribution < 1.29 is 0 Å². The minimum Gasteiger partial charge on any atom is -0.403 e. The Kier molecular flexibility index (Phi) is 1.62. The van der Waals surface area contributed by atoms with Crippen LogP contribution in [0, 0.1) is 6.92 Å². The molecule has 0 unspecified atom stereocenters. The fourth-order valence-electron chi connectivity index (χ4n) is 0.782. The Bertz CT molecular complexity index is 291. The summed E-state index contributed by atoms with van der Waals surface area (Å²) < 4.78 is 0. The predicted octanol–water partition coefficient (Wildman–Crippen LogP) is -1.89. The molecule has 0 fully saturated rings. The van der Waals surface area contributed by atoms with E-state index in [2.05, 4.69) is 9.97 Å². The average Bonchev–Trinajstić information content (AvgIpc) is 2.30. The van der Waals surface area contributed by atoms with Crippen LogP contribution in [0.4, 0.5) is 0 Å². The summed E-state index contributed by atoms with van der Waals surface area (Å²) in [7, 11) is 0. The molecule has 0 amide bonds. The van der Waals surface area contributed by atoms with E-state index in [4.69, 9.17) is 11.5 Å². The molecule has 0 aromatic carbocycles. The lowest BCUT2D eigenvalue weighted by Crippen LogP contribution is -2.27. The number of hydrogen-bond donors (Lipinski definition) is 3. The molecule has 0 bridgehead atoms. The van der Waals surface area contributed by atoms with Crippen molar-refractivity contribution in [2.45, 2.75) is 6.92 Å². The molecule has 0 atom stereocenters. The molecule has 0 aliphatic rings. The van der Waals surface area contributed by atoms with Crippen molar-refractivity contribution in [3.8, 4) is 0 Å². The molecule has 0 aliphatic carbocycles. The Morgan fingerprint density at radius 2 is 2.10 bits per heavy atom. The van der Waals surface area contributed by atoms with Gasteiger partial charge in [-0.2, -0.15) is 0 Å². The highest BCUT2D eigenvalue weighted by atomic mass is 14.9. The Morgan fingerprint density at radius 1 is 1.40 bits per heavy atom. The van der Waals surface area contributed by atoms with Crippen LogP contribution in [0.15, 0.2) is 0 Å². The van der Waals surface area contributed by atoms with Gasteiger partial charge in [0.1, 0.15) is 11.2 Å². The zero-order valence-electron chi connectivity index (χ0n) is 5.76. The lowest BCUT2D eigenvalue weighted by molar-refractivity contribution is 1.13. The summed E-state index contributed by atoms with van der Waals surface area (Å²) in [5.41, 5.74) is 10.5. The van der Waals surface area contributed by atoms with Crippen molar-refractivity contribution in [1.82, 2.24) is 9.97 Å². The molecule has 1 aromatic rings. The van der Waals surface area contributed by atoms with Crippen LogP contribution >= 0.6 is 0 Å². The molecule has 54 valence electrons. The molecular formula is C6H10N4. The monoisotopic (exact) mass is 138 g/mol. The molecule has 0 aliphatic heterocycles. The number of H-pyrrole nitrogens is 1. The summed E-state index contributed by atoms with van der Waals surface area (Å²) >= 11 is 0. The number of imidazole rings is 1. The highest BCUT2D eigenvalue weighted by Crippen LogP contribution is 1.69. The van der Waals surface area contributed by atoms with Crippen molar-refractivity contribution in [3.63, 3.8) is 0 Å². The van der Waals surface area contributed by atoms with Crippen molar-refractivity contribution in [2.24, 2.45) is 11.5 Å². The van der Waals surface area contributed by atoms with Gasteiger partial charge < -0.3 is 16.5 Å². The first-order valence-corrected chi connectivity index (χ1v) is 2.94. The quantitative estimate of drug-likeness (QED) is 0.392. The van der Waals surface area contributed by atoms with Gasteiger partial charge in [-0.25, -0.2) is 4.98 Å². The number of rotatable bonds is 0. The van der Waals surface area contributed by atoms with Gasteiger partial charge in [-0.05, 0) is 6.92 Å². The Morgan fingerprint density at radius 3 is 2.50 bits per heavy atom. The molecule has 0 saturated carbocycles. The molecule has 5 N–H and O–H groups in total. The number of nitrogens with zero attached hydrogens (tertiary/aromatic N) is 1. The average molecular weight is 138 g/mol. The van der Waals surface area contributed by atoms with Crippen LogP contribution in [0.3, 0.4) is 0 Å². The predicted molar refractivity (Wildman–Crippen MR) is 39.9 cm³/mol. The summed E-state index contributed by atoms with van der Waals surface area (Å²) in [6.45, 7) is 1.85. The molecule has 0 radical (unpaired) electrons. The fourth-order valence-corrected chi connectivity index (χ4v) is 0.782. The van der Waals surface area contributed by atoms with E-state index in [9.17, 15) is 0 Å². The van der Waals surface area contributed by atoms with Gasteiger partial charge in [-0.15, -0.1) is 0 Å². The van der Waals surface area contributed by atoms with Crippen LogP contribution in [-0.2, 0) is 0 Å². The van der Waals surface area contributed by atoms with E-state index in [1.165, 1.54) is 12.4 Å². The molecule has 0 spiro atoms. The number of nitrogens with one attached hydrogen (secondary N) is 1. The summed E-state index contributed by atoms with van der Waals surface area (Å²) in [6.07, 6.45) is 2.86. The first-order valence-electron chi connectivity index (χ1n) is 2.94. The van der Waals surface area contributed by atoms with E-state index < -0.39 is 0 Å². The second kappa shape index (κ2) is 2.43. The van der Waals surface area contributed by atoms with E-state index in [1.807, 2.05) is 6.92 Å². The van der Waals surface area contributed by atoms with Crippen molar-refractivity contribution in [1.29, 1.82) is 0 Å². The number of hydrogen-bond acceptors (Lipinski definition) is 3. The minimum absolute atomic E-state index is 0.694. The zero-order chi connectivity index (χ0) is 7.56. The van der Waals surface area contributed by atoms with Gasteiger partial charge in [-0.3, -0.25) is 0 Å². The molecule has 0 saturated heterocycles. The molecule has 4 heteroatoms. The van der Waals surface area contributed by atoms with E-state index in [0.717, 1.165) is 11.2 Å².